The van der Waals surface area contributed by atoms with E-state index in [4.69, 9.17) is 10.5 Å². The average Bonchev–Trinajstić information content (AvgIpc) is 2.41. The molecule has 1 atom stereocenters. The number of hydrogen-bond acceptors (Lipinski definition) is 4. The van der Waals surface area contributed by atoms with Crippen molar-refractivity contribution >= 4 is 17.3 Å². The Kier molecular flexibility index (Phi) is 3.85. The van der Waals surface area contributed by atoms with E-state index in [1.807, 2.05) is 11.8 Å². The van der Waals surface area contributed by atoms with Gasteiger partial charge in [-0.2, -0.15) is 0 Å². The predicted molar refractivity (Wildman–Crippen MR) is 74.6 cm³/mol. The number of halogens is 1. The van der Waals surface area contributed by atoms with E-state index in [-0.39, 0.29) is 16.9 Å². The molecule has 110 valence electrons. The van der Waals surface area contributed by atoms with Gasteiger partial charge in [-0.1, -0.05) is 0 Å². The van der Waals surface area contributed by atoms with Crippen molar-refractivity contribution in [1.29, 1.82) is 0 Å². The Bertz CT molecular complexity index is 535. The molecule has 1 heterocycles. The van der Waals surface area contributed by atoms with Crippen LogP contribution in [0.15, 0.2) is 12.1 Å². The van der Waals surface area contributed by atoms with Crippen LogP contribution in [0.1, 0.15) is 30.1 Å². The molecule has 5 nitrogen and oxygen atoms in total. The molecule has 0 bridgehead atoms. The van der Waals surface area contributed by atoms with Gasteiger partial charge in [0.25, 0.3) is 0 Å². The van der Waals surface area contributed by atoms with Crippen molar-refractivity contribution in [1.82, 2.24) is 0 Å². The molecule has 3 N–H and O–H groups in total. The van der Waals surface area contributed by atoms with Crippen molar-refractivity contribution in [2.75, 3.05) is 30.8 Å². The summed E-state index contributed by atoms with van der Waals surface area (Å²) < 4.78 is 19.0. The number of ether oxygens (including phenoxy) is 1. The van der Waals surface area contributed by atoms with Crippen LogP contribution in [0.2, 0.25) is 0 Å². The fourth-order valence-electron chi connectivity index (χ4n) is 2.65. The van der Waals surface area contributed by atoms with Crippen molar-refractivity contribution in [2.45, 2.75) is 25.4 Å². The lowest BCUT2D eigenvalue weighted by molar-refractivity contribution is -0.00472. The quantitative estimate of drug-likeness (QED) is 0.830. The summed E-state index contributed by atoms with van der Waals surface area (Å²) in [5.74, 6) is -1.93. The van der Waals surface area contributed by atoms with Gasteiger partial charge in [0.05, 0.1) is 17.0 Å². The van der Waals surface area contributed by atoms with Crippen LogP contribution in [0.3, 0.4) is 0 Å². The second-order valence-electron chi connectivity index (χ2n) is 5.34. The number of carboxylic acid groups (broad SMARTS) is 1. The predicted octanol–water partition coefficient (Wildman–Crippen LogP) is 2.11. The number of methoxy groups -OCH3 is 1. The standard InChI is InChI=1S/C14H19FN2O3/c1-14(20-2)6-3-7-17(8-14)10-5-4-9(15)12(16)11(10)13(18)19/h4-5H,3,6-8,16H2,1-2H3,(H,18,19). The highest BCUT2D eigenvalue weighted by atomic mass is 19.1. The Labute approximate surface area is 117 Å². The van der Waals surface area contributed by atoms with Crippen LogP contribution in [0.5, 0.6) is 0 Å². The van der Waals surface area contributed by atoms with E-state index >= 15 is 0 Å². The number of aromatic carboxylic acids is 1. The maximum Gasteiger partial charge on any atom is 0.340 e. The molecule has 1 unspecified atom stereocenters. The summed E-state index contributed by atoms with van der Waals surface area (Å²) in [6.07, 6.45) is 1.78. The van der Waals surface area contributed by atoms with E-state index in [0.717, 1.165) is 12.8 Å². The van der Waals surface area contributed by atoms with Gasteiger partial charge in [-0.15, -0.1) is 0 Å². The van der Waals surface area contributed by atoms with Gasteiger partial charge in [-0.05, 0) is 31.9 Å². The van der Waals surface area contributed by atoms with E-state index in [1.54, 1.807) is 7.11 Å². The maximum absolute atomic E-state index is 13.5. The Hall–Kier alpha value is -1.82. The number of nitrogens with two attached hydrogens (primary N) is 1. The van der Waals surface area contributed by atoms with Gasteiger partial charge < -0.3 is 20.5 Å². The topological polar surface area (TPSA) is 75.8 Å². The van der Waals surface area contributed by atoms with Gasteiger partial charge >= 0.3 is 5.97 Å². The summed E-state index contributed by atoms with van der Waals surface area (Å²) in [5.41, 5.74) is 5.19. The molecule has 1 aliphatic rings. The third kappa shape index (κ3) is 2.56. The highest BCUT2D eigenvalue weighted by Gasteiger charge is 2.33. The van der Waals surface area contributed by atoms with Crippen LogP contribution in [-0.2, 0) is 4.74 Å². The molecule has 0 radical (unpaired) electrons. The molecule has 1 aromatic rings. The first-order valence-corrected chi connectivity index (χ1v) is 6.49. The van der Waals surface area contributed by atoms with Crippen molar-refractivity contribution in [3.8, 4) is 0 Å². The first-order chi connectivity index (χ1) is 9.38. The lowest BCUT2D eigenvalue weighted by Crippen LogP contribution is -2.48. The van der Waals surface area contributed by atoms with Crippen molar-refractivity contribution in [3.05, 3.63) is 23.5 Å². The average molecular weight is 282 g/mol. The van der Waals surface area contributed by atoms with Gasteiger partial charge in [0.1, 0.15) is 11.4 Å². The van der Waals surface area contributed by atoms with Crippen LogP contribution in [0.4, 0.5) is 15.8 Å². The Morgan fingerprint density at radius 3 is 2.85 bits per heavy atom. The van der Waals surface area contributed by atoms with Crippen LogP contribution in [-0.4, -0.2) is 36.9 Å². The summed E-state index contributed by atoms with van der Waals surface area (Å²) >= 11 is 0. The maximum atomic E-state index is 13.5. The number of anilines is 2. The first-order valence-electron chi connectivity index (χ1n) is 6.49. The first kappa shape index (κ1) is 14.6. The van der Waals surface area contributed by atoms with Gasteiger partial charge in [0, 0.05) is 20.2 Å². The smallest absolute Gasteiger partial charge is 0.340 e. The van der Waals surface area contributed by atoms with Crippen molar-refractivity contribution in [2.24, 2.45) is 0 Å². The van der Waals surface area contributed by atoms with Crippen LogP contribution < -0.4 is 10.6 Å². The Balaban J connectivity index is 2.42. The van der Waals surface area contributed by atoms with Gasteiger partial charge in [-0.25, -0.2) is 9.18 Å². The lowest BCUT2D eigenvalue weighted by atomic mass is 9.93. The number of benzene rings is 1. The van der Waals surface area contributed by atoms with Crippen molar-refractivity contribution < 1.29 is 19.0 Å². The molecule has 0 aliphatic carbocycles. The highest BCUT2D eigenvalue weighted by molar-refractivity contribution is 6.00. The number of rotatable bonds is 3. The van der Waals surface area contributed by atoms with E-state index in [1.165, 1.54) is 12.1 Å². The third-order valence-corrected chi connectivity index (χ3v) is 3.88. The molecule has 1 fully saturated rings. The molecule has 0 aromatic heterocycles. The van der Waals surface area contributed by atoms with Gasteiger partial charge in [0.2, 0.25) is 0 Å². The highest BCUT2D eigenvalue weighted by Crippen LogP contribution is 2.33. The monoisotopic (exact) mass is 282 g/mol. The van der Waals surface area contributed by atoms with Crippen LogP contribution in [0.25, 0.3) is 0 Å². The normalized spacial score (nSPS) is 22.9. The van der Waals surface area contributed by atoms with Crippen molar-refractivity contribution in [3.63, 3.8) is 0 Å². The zero-order valence-electron chi connectivity index (χ0n) is 11.6. The van der Waals surface area contributed by atoms with E-state index in [9.17, 15) is 14.3 Å². The van der Waals surface area contributed by atoms with Crippen LogP contribution in [0, 0.1) is 5.82 Å². The molecule has 0 amide bonds. The van der Waals surface area contributed by atoms with E-state index < -0.39 is 11.8 Å². The molecule has 0 saturated carbocycles. The molecular weight excluding hydrogens is 263 g/mol. The van der Waals surface area contributed by atoms with Gasteiger partial charge in [0.15, 0.2) is 0 Å². The summed E-state index contributed by atoms with van der Waals surface area (Å²) in [6.45, 7) is 3.23. The number of hydrogen-bond donors (Lipinski definition) is 2. The number of nitrogens with zero attached hydrogens (tertiary/aromatic N) is 1. The molecule has 6 heteroatoms. The SMILES string of the molecule is COC1(C)CCCN(c2ccc(F)c(N)c2C(=O)O)C1. The second-order valence-corrected chi connectivity index (χ2v) is 5.34. The number of carboxylic acids is 1. The second kappa shape index (κ2) is 5.28. The molecule has 0 spiro atoms. The molecule has 1 saturated heterocycles. The molecule has 1 aromatic carbocycles. The minimum Gasteiger partial charge on any atom is -0.478 e. The minimum absolute atomic E-state index is 0.176. The molecule has 1 aliphatic heterocycles. The van der Waals surface area contributed by atoms with Crippen LogP contribution >= 0.6 is 0 Å². The number of nitrogen functional groups attached to an aromatic ring is 1. The molecule has 20 heavy (non-hydrogen) atoms. The zero-order chi connectivity index (χ0) is 14.9. The summed E-state index contributed by atoms with van der Waals surface area (Å²) in [4.78, 5) is 13.3. The Morgan fingerprint density at radius 1 is 1.55 bits per heavy atom. The van der Waals surface area contributed by atoms with E-state index in [0.29, 0.717) is 18.8 Å². The van der Waals surface area contributed by atoms with Gasteiger partial charge in [-0.3, -0.25) is 0 Å². The largest absolute Gasteiger partial charge is 0.478 e. The molecular formula is C14H19FN2O3. The zero-order valence-corrected chi connectivity index (χ0v) is 11.6. The Morgan fingerprint density at radius 2 is 2.25 bits per heavy atom. The van der Waals surface area contributed by atoms with E-state index in [2.05, 4.69) is 0 Å². The lowest BCUT2D eigenvalue weighted by Gasteiger charge is -2.41. The number of carbonyl (C=O) groups is 1. The summed E-state index contributed by atoms with van der Waals surface area (Å²) in [6, 6.07) is 2.67. The summed E-state index contributed by atoms with van der Waals surface area (Å²) in [5, 5.41) is 9.28. The fourth-order valence-corrected chi connectivity index (χ4v) is 2.65. The minimum atomic E-state index is -1.22. The fraction of sp³-hybridized carbons (Fsp3) is 0.500. The third-order valence-electron chi connectivity index (χ3n) is 3.88. The summed E-state index contributed by atoms with van der Waals surface area (Å²) in [7, 11) is 1.64. The number of piperidine rings is 1. The molecule has 2 rings (SSSR count).